The van der Waals surface area contributed by atoms with Crippen molar-refractivity contribution in [2.45, 2.75) is 30.2 Å². The number of benzene rings is 1. The van der Waals surface area contributed by atoms with Crippen LogP contribution in [0.5, 0.6) is 0 Å². The van der Waals surface area contributed by atoms with E-state index in [2.05, 4.69) is 15.3 Å². The monoisotopic (exact) mass is 307 g/mol. The maximum absolute atomic E-state index is 11.0. The van der Waals surface area contributed by atoms with Crippen LogP contribution in [0.4, 0.5) is 5.69 Å². The van der Waals surface area contributed by atoms with Crippen molar-refractivity contribution in [1.82, 2.24) is 9.97 Å². The summed E-state index contributed by atoms with van der Waals surface area (Å²) in [5.41, 5.74) is 1.73. The average molecular weight is 308 g/mol. The molecule has 6 heteroatoms. The summed E-state index contributed by atoms with van der Waals surface area (Å²) in [6, 6.07) is 7.59. The summed E-state index contributed by atoms with van der Waals surface area (Å²) in [6.07, 6.45) is 2.25. The number of hydrogen-bond donors (Lipinski definition) is 1. The van der Waals surface area contributed by atoms with Crippen molar-refractivity contribution in [3.8, 4) is 0 Å². The summed E-state index contributed by atoms with van der Waals surface area (Å²) in [5.74, 6) is -0.0822. The van der Waals surface area contributed by atoms with E-state index >= 15 is 0 Å². The van der Waals surface area contributed by atoms with Crippen molar-refractivity contribution in [1.29, 1.82) is 0 Å². The molecule has 1 aromatic heterocycles. The molecule has 0 aliphatic carbocycles. The quantitative estimate of drug-likeness (QED) is 0.873. The van der Waals surface area contributed by atoms with Gasteiger partial charge in [0.15, 0.2) is 0 Å². The highest BCUT2D eigenvalue weighted by Gasteiger charge is 2.09. The smallest absolute Gasteiger partial charge is 0.221 e. The summed E-state index contributed by atoms with van der Waals surface area (Å²) in [5, 5.41) is 4.09. The first-order valence-electron chi connectivity index (χ1n) is 6.15. The molecule has 0 fully saturated rings. The number of hydrogen-bond acceptors (Lipinski definition) is 4. The van der Waals surface area contributed by atoms with E-state index < -0.39 is 0 Å². The van der Waals surface area contributed by atoms with E-state index in [1.807, 2.05) is 31.2 Å². The van der Waals surface area contributed by atoms with Gasteiger partial charge in [0.1, 0.15) is 16.5 Å². The van der Waals surface area contributed by atoms with Crippen molar-refractivity contribution in [2.75, 3.05) is 5.32 Å². The fraction of sp³-hybridized carbons (Fsp3) is 0.214. The van der Waals surface area contributed by atoms with Gasteiger partial charge in [0.05, 0.1) is 0 Å². The van der Waals surface area contributed by atoms with Crippen LogP contribution in [0.25, 0.3) is 0 Å². The van der Waals surface area contributed by atoms with Crippen molar-refractivity contribution in [3.63, 3.8) is 0 Å². The van der Waals surface area contributed by atoms with Crippen LogP contribution in [0.2, 0.25) is 5.15 Å². The number of aromatic nitrogens is 2. The number of carbonyl (C=O) groups excluding carboxylic acids is 1. The summed E-state index contributed by atoms with van der Waals surface area (Å²) >= 11 is 7.60. The SMILES string of the molecule is CCc1c(Cl)ncnc1Sc1ccc(NC(C)=O)cc1. The molecule has 2 aromatic rings. The highest BCUT2D eigenvalue weighted by molar-refractivity contribution is 7.99. The second-order valence-corrected chi connectivity index (χ2v) is 5.53. The molecule has 4 nitrogen and oxygen atoms in total. The standard InChI is InChI=1S/C14H14ClN3OS/c1-3-12-13(15)16-8-17-14(12)20-11-6-4-10(5-7-11)18-9(2)19/h4-8H,3H2,1-2H3,(H,18,19). The van der Waals surface area contributed by atoms with E-state index in [9.17, 15) is 4.79 Å². The van der Waals surface area contributed by atoms with Gasteiger partial charge in [-0.25, -0.2) is 9.97 Å². The topological polar surface area (TPSA) is 54.9 Å². The van der Waals surface area contributed by atoms with E-state index in [1.54, 1.807) is 0 Å². The molecule has 2 rings (SSSR count). The van der Waals surface area contributed by atoms with Crippen LogP contribution in [0, 0.1) is 0 Å². The summed E-state index contributed by atoms with van der Waals surface area (Å²) in [7, 11) is 0. The zero-order valence-electron chi connectivity index (χ0n) is 11.2. The van der Waals surface area contributed by atoms with Crippen LogP contribution in [-0.4, -0.2) is 15.9 Å². The Morgan fingerprint density at radius 2 is 2.00 bits per heavy atom. The number of anilines is 1. The normalized spacial score (nSPS) is 10.3. The Kier molecular flexibility index (Phi) is 4.98. The highest BCUT2D eigenvalue weighted by atomic mass is 35.5. The third-order valence-electron chi connectivity index (χ3n) is 2.60. The van der Waals surface area contributed by atoms with E-state index in [1.165, 1.54) is 25.0 Å². The van der Waals surface area contributed by atoms with Gasteiger partial charge in [-0.3, -0.25) is 4.79 Å². The van der Waals surface area contributed by atoms with E-state index in [0.717, 1.165) is 27.6 Å². The highest BCUT2D eigenvalue weighted by Crippen LogP contribution is 2.31. The molecule has 0 unspecified atom stereocenters. The first-order chi connectivity index (χ1) is 9.60. The predicted molar refractivity (Wildman–Crippen MR) is 81.3 cm³/mol. The molecule has 0 radical (unpaired) electrons. The summed E-state index contributed by atoms with van der Waals surface area (Å²) in [6.45, 7) is 3.51. The Morgan fingerprint density at radius 1 is 1.30 bits per heavy atom. The summed E-state index contributed by atoms with van der Waals surface area (Å²) in [4.78, 5) is 20.3. The molecule has 1 amide bonds. The largest absolute Gasteiger partial charge is 0.326 e. The zero-order valence-corrected chi connectivity index (χ0v) is 12.8. The van der Waals surface area contributed by atoms with Gasteiger partial charge >= 0.3 is 0 Å². The molecular formula is C14H14ClN3OS. The summed E-state index contributed by atoms with van der Waals surface area (Å²) < 4.78 is 0. The van der Waals surface area contributed by atoms with Gasteiger partial charge in [-0.15, -0.1) is 0 Å². The van der Waals surface area contributed by atoms with Crippen LogP contribution >= 0.6 is 23.4 Å². The van der Waals surface area contributed by atoms with Gasteiger partial charge in [-0.2, -0.15) is 0 Å². The van der Waals surface area contributed by atoms with Gasteiger partial charge < -0.3 is 5.32 Å². The van der Waals surface area contributed by atoms with Crippen molar-refractivity contribution < 1.29 is 4.79 Å². The van der Waals surface area contributed by atoms with Crippen molar-refractivity contribution in [2.24, 2.45) is 0 Å². The Bertz CT molecular complexity index is 616. The Morgan fingerprint density at radius 3 is 2.60 bits per heavy atom. The van der Waals surface area contributed by atoms with Crippen LogP contribution in [-0.2, 0) is 11.2 Å². The molecule has 0 aliphatic rings. The molecule has 104 valence electrons. The molecule has 1 heterocycles. The van der Waals surface area contributed by atoms with Crippen LogP contribution < -0.4 is 5.32 Å². The number of carbonyl (C=O) groups is 1. The third-order valence-corrected chi connectivity index (χ3v) is 3.97. The fourth-order valence-electron chi connectivity index (χ4n) is 1.68. The van der Waals surface area contributed by atoms with Gasteiger partial charge in [-0.05, 0) is 30.7 Å². The van der Waals surface area contributed by atoms with Crippen molar-refractivity contribution in [3.05, 3.63) is 41.3 Å². The van der Waals surface area contributed by atoms with E-state index in [0.29, 0.717) is 5.15 Å². The molecule has 0 bridgehead atoms. The number of nitrogens with one attached hydrogen (secondary N) is 1. The lowest BCUT2D eigenvalue weighted by molar-refractivity contribution is -0.114. The zero-order chi connectivity index (χ0) is 14.5. The Balaban J connectivity index is 2.18. The molecule has 1 N–H and O–H groups in total. The number of halogens is 1. The minimum absolute atomic E-state index is 0.0822. The average Bonchev–Trinajstić information content (AvgIpc) is 2.41. The van der Waals surface area contributed by atoms with E-state index in [-0.39, 0.29) is 5.91 Å². The molecular weight excluding hydrogens is 294 g/mol. The maximum atomic E-state index is 11.0. The first-order valence-corrected chi connectivity index (χ1v) is 7.34. The lowest BCUT2D eigenvalue weighted by Gasteiger charge is -2.08. The molecule has 1 aromatic carbocycles. The van der Waals surface area contributed by atoms with Gasteiger partial charge in [0, 0.05) is 23.1 Å². The number of nitrogens with zero attached hydrogens (tertiary/aromatic N) is 2. The number of rotatable bonds is 4. The van der Waals surface area contributed by atoms with Gasteiger partial charge in [0.2, 0.25) is 5.91 Å². The lowest BCUT2D eigenvalue weighted by atomic mass is 10.3. The molecule has 0 spiro atoms. The predicted octanol–water partition coefficient (Wildman–Crippen LogP) is 3.80. The van der Waals surface area contributed by atoms with E-state index in [4.69, 9.17) is 11.6 Å². The first kappa shape index (κ1) is 14.8. The Hall–Kier alpha value is -1.59. The molecule has 0 aliphatic heterocycles. The minimum atomic E-state index is -0.0822. The second kappa shape index (κ2) is 6.72. The fourth-order valence-corrected chi connectivity index (χ4v) is 2.96. The maximum Gasteiger partial charge on any atom is 0.221 e. The molecule has 0 atom stereocenters. The molecule has 20 heavy (non-hydrogen) atoms. The van der Waals surface area contributed by atoms with Crippen LogP contribution in [0.1, 0.15) is 19.4 Å². The minimum Gasteiger partial charge on any atom is -0.326 e. The second-order valence-electron chi connectivity index (χ2n) is 4.11. The van der Waals surface area contributed by atoms with Gasteiger partial charge in [0.25, 0.3) is 0 Å². The number of amides is 1. The van der Waals surface area contributed by atoms with Crippen LogP contribution in [0.3, 0.4) is 0 Å². The molecule has 0 saturated heterocycles. The lowest BCUT2D eigenvalue weighted by Crippen LogP contribution is -2.05. The van der Waals surface area contributed by atoms with Crippen molar-refractivity contribution >= 4 is 35.0 Å². The van der Waals surface area contributed by atoms with Crippen LogP contribution in [0.15, 0.2) is 40.5 Å². The Labute approximate surface area is 127 Å². The van der Waals surface area contributed by atoms with Gasteiger partial charge in [-0.1, -0.05) is 30.3 Å². The molecule has 0 saturated carbocycles. The third kappa shape index (κ3) is 3.71.